The standard InChI is InChI=1S/C23H22ClF3N4O3/c1-23(13-3-4-16(26)15(24)9-13)19(22(32)33-2)18(12-31-5-7-34-8-6-31)29-21(30-23)20-17(27)10-14(25)11-28-20/h3-4,9-11H,5-8,12H2,1-2H3,(H,29,30). The summed E-state index contributed by atoms with van der Waals surface area (Å²) in [7, 11) is 1.24. The number of methoxy groups -OCH3 is 1. The van der Waals surface area contributed by atoms with E-state index in [1.54, 1.807) is 6.92 Å². The van der Waals surface area contributed by atoms with Gasteiger partial charge >= 0.3 is 5.97 Å². The van der Waals surface area contributed by atoms with Crippen LogP contribution in [0.5, 0.6) is 0 Å². The Morgan fingerprint density at radius 2 is 1.97 bits per heavy atom. The normalized spacial score (nSPS) is 21.2. The summed E-state index contributed by atoms with van der Waals surface area (Å²) in [4.78, 5) is 23.6. The zero-order valence-corrected chi connectivity index (χ0v) is 19.3. The summed E-state index contributed by atoms with van der Waals surface area (Å²) in [5.74, 6) is -3.11. The van der Waals surface area contributed by atoms with E-state index in [0.29, 0.717) is 43.6 Å². The van der Waals surface area contributed by atoms with Crippen LogP contribution < -0.4 is 5.32 Å². The van der Waals surface area contributed by atoms with Gasteiger partial charge < -0.3 is 14.8 Å². The molecule has 0 spiro atoms. The molecule has 0 saturated carbocycles. The van der Waals surface area contributed by atoms with Crippen molar-refractivity contribution in [3.8, 4) is 0 Å². The van der Waals surface area contributed by atoms with Gasteiger partial charge in [-0.1, -0.05) is 17.7 Å². The van der Waals surface area contributed by atoms with Crippen molar-refractivity contribution >= 4 is 23.4 Å². The van der Waals surface area contributed by atoms with E-state index in [4.69, 9.17) is 21.1 Å². The quantitative estimate of drug-likeness (QED) is 0.644. The van der Waals surface area contributed by atoms with Gasteiger partial charge in [0, 0.05) is 31.4 Å². The Bertz CT molecular complexity index is 1180. The molecular weight excluding hydrogens is 473 g/mol. The van der Waals surface area contributed by atoms with Crippen LogP contribution in [0.2, 0.25) is 5.02 Å². The van der Waals surface area contributed by atoms with Crippen molar-refractivity contribution in [1.82, 2.24) is 15.2 Å². The first-order valence-corrected chi connectivity index (χ1v) is 10.9. The molecule has 2 aromatic rings. The molecule has 1 atom stereocenters. The van der Waals surface area contributed by atoms with Crippen molar-refractivity contribution in [1.29, 1.82) is 0 Å². The number of ether oxygens (including phenoxy) is 2. The Balaban J connectivity index is 1.91. The summed E-state index contributed by atoms with van der Waals surface area (Å²) < 4.78 is 52.6. The molecule has 0 bridgehead atoms. The van der Waals surface area contributed by atoms with Gasteiger partial charge in [-0.25, -0.2) is 27.9 Å². The van der Waals surface area contributed by atoms with Crippen LogP contribution in [0.4, 0.5) is 13.2 Å². The predicted octanol–water partition coefficient (Wildman–Crippen LogP) is 3.18. The van der Waals surface area contributed by atoms with Gasteiger partial charge in [-0.3, -0.25) is 4.90 Å². The summed E-state index contributed by atoms with van der Waals surface area (Å²) in [6, 6.07) is 4.65. The van der Waals surface area contributed by atoms with Crippen molar-refractivity contribution < 1.29 is 27.4 Å². The molecule has 7 nitrogen and oxygen atoms in total. The van der Waals surface area contributed by atoms with Crippen LogP contribution in [0.3, 0.4) is 0 Å². The Morgan fingerprint density at radius 1 is 1.24 bits per heavy atom. The van der Waals surface area contributed by atoms with E-state index in [9.17, 15) is 18.0 Å². The maximum absolute atomic E-state index is 14.7. The van der Waals surface area contributed by atoms with Crippen molar-refractivity contribution in [3.05, 3.63) is 75.5 Å². The molecular formula is C23H22ClF3N4O3. The number of carbonyl (C=O) groups is 1. The molecule has 2 aliphatic rings. The van der Waals surface area contributed by atoms with Gasteiger partial charge in [-0.2, -0.15) is 0 Å². The fourth-order valence-electron chi connectivity index (χ4n) is 4.04. The molecule has 180 valence electrons. The van der Waals surface area contributed by atoms with Gasteiger partial charge in [0.05, 0.1) is 37.1 Å². The lowest BCUT2D eigenvalue weighted by Gasteiger charge is -2.37. The number of aromatic nitrogens is 1. The number of halogens is 4. The number of pyridine rings is 1. The average molecular weight is 495 g/mol. The maximum atomic E-state index is 14.7. The number of esters is 1. The predicted molar refractivity (Wildman–Crippen MR) is 119 cm³/mol. The number of hydrogen-bond acceptors (Lipinski definition) is 7. The minimum Gasteiger partial charge on any atom is -0.466 e. The molecule has 1 aromatic heterocycles. The van der Waals surface area contributed by atoms with E-state index in [0.717, 1.165) is 12.3 Å². The van der Waals surface area contributed by atoms with E-state index in [-0.39, 0.29) is 28.7 Å². The molecule has 3 heterocycles. The number of benzene rings is 1. The van der Waals surface area contributed by atoms with E-state index < -0.39 is 29.0 Å². The Hall–Kier alpha value is -2.95. The molecule has 0 amide bonds. The van der Waals surface area contributed by atoms with Gasteiger partial charge in [-0.15, -0.1) is 0 Å². The van der Waals surface area contributed by atoms with Gasteiger partial charge in [0.2, 0.25) is 0 Å². The zero-order valence-electron chi connectivity index (χ0n) is 18.5. The second-order valence-corrected chi connectivity index (χ2v) is 8.41. The number of hydrogen-bond donors (Lipinski definition) is 1. The van der Waals surface area contributed by atoms with Crippen molar-refractivity contribution in [2.45, 2.75) is 12.5 Å². The van der Waals surface area contributed by atoms with Crippen LogP contribution >= 0.6 is 11.6 Å². The molecule has 1 unspecified atom stereocenters. The highest BCUT2D eigenvalue weighted by molar-refractivity contribution is 6.30. The molecule has 2 aliphatic heterocycles. The Labute approximate surface area is 199 Å². The van der Waals surface area contributed by atoms with Crippen LogP contribution in [0.1, 0.15) is 18.2 Å². The highest BCUT2D eigenvalue weighted by atomic mass is 35.5. The maximum Gasteiger partial charge on any atom is 0.338 e. The van der Waals surface area contributed by atoms with Gasteiger partial charge in [0.25, 0.3) is 0 Å². The van der Waals surface area contributed by atoms with E-state index in [2.05, 4.69) is 15.3 Å². The third-order valence-corrected chi connectivity index (χ3v) is 6.07. The first-order valence-electron chi connectivity index (χ1n) is 10.5. The minimum absolute atomic E-state index is 0.0173. The third kappa shape index (κ3) is 4.66. The lowest BCUT2D eigenvalue weighted by Crippen LogP contribution is -2.47. The largest absolute Gasteiger partial charge is 0.466 e. The van der Waals surface area contributed by atoms with E-state index >= 15 is 0 Å². The Morgan fingerprint density at radius 3 is 2.62 bits per heavy atom. The second-order valence-electron chi connectivity index (χ2n) is 8.00. The van der Waals surface area contributed by atoms with Crippen LogP contribution in [-0.2, 0) is 19.8 Å². The van der Waals surface area contributed by atoms with Gasteiger partial charge in [0.1, 0.15) is 22.9 Å². The molecule has 1 fully saturated rings. The minimum atomic E-state index is -1.45. The van der Waals surface area contributed by atoms with Crippen molar-refractivity contribution in [3.63, 3.8) is 0 Å². The fraction of sp³-hybridized carbons (Fsp3) is 0.348. The number of rotatable bonds is 5. The summed E-state index contributed by atoms with van der Waals surface area (Å²) in [6.07, 6.45) is 0.871. The molecule has 0 aliphatic carbocycles. The zero-order chi connectivity index (χ0) is 24.5. The summed E-state index contributed by atoms with van der Waals surface area (Å²) >= 11 is 6.04. The van der Waals surface area contributed by atoms with Gasteiger partial charge in [0.15, 0.2) is 11.7 Å². The number of nitrogens with one attached hydrogen (secondary N) is 1. The number of carbonyl (C=O) groups excluding carboxylic acids is 1. The monoisotopic (exact) mass is 494 g/mol. The number of morpholine rings is 1. The van der Waals surface area contributed by atoms with Crippen LogP contribution in [-0.4, -0.2) is 61.6 Å². The number of amidine groups is 1. The Kier molecular flexibility index (Phi) is 6.92. The van der Waals surface area contributed by atoms with Crippen LogP contribution in [0, 0.1) is 17.5 Å². The molecule has 11 heteroatoms. The SMILES string of the molecule is COC(=O)C1=C(CN2CCOCC2)NC(c2ncc(F)cc2F)=NC1(C)c1ccc(F)c(Cl)c1. The van der Waals surface area contributed by atoms with E-state index in [1.807, 2.05) is 4.90 Å². The smallest absolute Gasteiger partial charge is 0.338 e. The molecule has 4 rings (SSSR count). The second kappa shape index (κ2) is 9.73. The lowest BCUT2D eigenvalue weighted by molar-refractivity contribution is -0.137. The molecule has 34 heavy (non-hydrogen) atoms. The lowest BCUT2D eigenvalue weighted by atomic mass is 9.82. The fourth-order valence-corrected chi connectivity index (χ4v) is 4.22. The van der Waals surface area contributed by atoms with Crippen molar-refractivity contribution in [2.75, 3.05) is 40.0 Å². The molecule has 1 saturated heterocycles. The highest BCUT2D eigenvalue weighted by Crippen LogP contribution is 2.40. The van der Waals surface area contributed by atoms with Crippen LogP contribution in [0.15, 0.2) is 46.7 Å². The topological polar surface area (TPSA) is 76.0 Å². The van der Waals surface area contributed by atoms with E-state index in [1.165, 1.54) is 19.2 Å². The first kappa shape index (κ1) is 24.2. The third-order valence-electron chi connectivity index (χ3n) is 5.78. The average Bonchev–Trinajstić information content (AvgIpc) is 2.81. The number of aliphatic imine (C=N–C) groups is 1. The van der Waals surface area contributed by atoms with Crippen LogP contribution in [0.25, 0.3) is 0 Å². The highest BCUT2D eigenvalue weighted by Gasteiger charge is 2.43. The first-order chi connectivity index (χ1) is 16.2. The summed E-state index contributed by atoms with van der Waals surface area (Å²) in [5.41, 5.74) is -0.762. The molecule has 1 aromatic carbocycles. The van der Waals surface area contributed by atoms with Gasteiger partial charge in [-0.05, 0) is 24.6 Å². The van der Waals surface area contributed by atoms with Crippen molar-refractivity contribution in [2.24, 2.45) is 4.99 Å². The number of nitrogens with zero attached hydrogens (tertiary/aromatic N) is 3. The molecule has 0 radical (unpaired) electrons. The summed E-state index contributed by atoms with van der Waals surface area (Å²) in [6.45, 7) is 4.12. The summed E-state index contributed by atoms with van der Waals surface area (Å²) in [5, 5.41) is 2.84. The molecule has 1 N–H and O–H groups in total.